The largest absolute Gasteiger partial charge is 0.573 e. The molecule has 0 aliphatic rings. The number of nitrogens with one attached hydrogen (secondary N) is 1. The molecule has 0 aliphatic carbocycles. The number of carbonyl (C=O) groups is 1. The normalized spacial score (nSPS) is 12.2. The van der Waals surface area contributed by atoms with Gasteiger partial charge in [0.1, 0.15) is 5.75 Å². The highest BCUT2D eigenvalue weighted by Gasteiger charge is 2.31. The van der Waals surface area contributed by atoms with E-state index in [0.29, 0.717) is 5.56 Å². The number of alkyl halides is 6. The lowest BCUT2D eigenvalue weighted by Gasteiger charge is -2.09. The van der Waals surface area contributed by atoms with Gasteiger partial charge in [0.05, 0.1) is 5.56 Å². The second-order valence-corrected chi connectivity index (χ2v) is 5.01. The highest BCUT2D eigenvalue weighted by atomic mass is 19.4. The van der Waals surface area contributed by atoms with Crippen molar-refractivity contribution in [1.29, 1.82) is 0 Å². The van der Waals surface area contributed by atoms with Crippen LogP contribution < -0.4 is 10.1 Å². The molecular formula is C17H11F6NO2. The maximum absolute atomic E-state index is 12.4. The minimum Gasteiger partial charge on any atom is -0.406 e. The number of amides is 1. The standard InChI is InChI=1S/C17H11F6NO2/c18-16(19,20)12-4-1-11(2-5-12)3-10-15(25)24-13-6-8-14(9-7-13)26-17(21,22)23/h1-10H,(H,24,25)/b10-3+. The minimum absolute atomic E-state index is 0.224. The maximum Gasteiger partial charge on any atom is 0.573 e. The van der Waals surface area contributed by atoms with Crippen LogP contribution in [0.2, 0.25) is 0 Å². The Balaban J connectivity index is 1.94. The molecule has 0 radical (unpaired) electrons. The van der Waals surface area contributed by atoms with Crippen LogP contribution in [0.3, 0.4) is 0 Å². The van der Waals surface area contributed by atoms with Crippen LogP contribution in [0.1, 0.15) is 11.1 Å². The Morgan fingerprint density at radius 3 is 1.96 bits per heavy atom. The van der Waals surface area contributed by atoms with Gasteiger partial charge in [0, 0.05) is 11.8 Å². The summed E-state index contributed by atoms with van der Waals surface area (Å²) in [5.74, 6) is -1.04. The molecule has 0 fully saturated rings. The fourth-order valence-corrected chi connectivity index (χ4v) is 1.88. The number of hydrogen-bond acceptors (Lipinski definition) is 2. The maximum atomic E-state index is 12.4. The third-order valence-electron chi connectivity index (χ3n) is 3.02. The number of carbonyl (C=O) groups excluding carboxylic acids is 1. The van der Waals surface area contributed by atoms with Gasteiger partial charge in [-0.3, -0.25) is 4.79 Å². The van der Waals surface area contributed by atoms with Crippen molar-refractivity contribution in [1.82, 2.24) is 0 Å². The number of anilines is 1. The lowest BCUT2D eigenvalue weighted by molar-refractivity contribution is -0.274. The Kier molecular flexibility index (Phi) is 5.59. The summed E-state index contributed by atoms with van der Waals surface area (Å²) in [6.07, 6.45) is -6.86. The van der Waals surface area contributed by atoms with Crippen molar-refractivity contribution in [3.8, 4) is 5.75 Å². The third-order valence-corrected chi connectivity index (χ3v) is 3.02. The van der Waals surface area contributed by atoms with Crippen LogP contribution in [0.15, 0.2) is 54.6 Å². The van der Waals surface area contributed by atoms with Gasteiger partial charge >= 0.3 is 12.5 Å². The average Bonchev–Trinajstić information content (AvgIpc) is 2.53. The molecule has 0 aliphatic heterocycles. The predicted octanol–water partition coefficient (Wildman–Crippen LogP) is 5.26. The van der Waals surface area contributed by atoms with Crippen LogP contribution in [0, 0.1) is 0 Å². The number of ether oxygens (including phenoxy) is 1. The van der Waals surface area contributed by atoms with Gasteiger partial charge in [-0.15, -0.1) is 13.2 Å². The van der Waals surface area contributed by atoms with E-state index in [9.17, 15) is 31.1 Å². The lowest BCUT2D eigenvalue weighted by Crippen LogP contribution is -2.17. The Hall–Kier alpha value is -2.97. The molecule has 0 atom stereocenters. The third kappa shape index (κ3) is 6.15. The van der Waals surface area contributed by atoms with Gasteiger partial charge in [-0.05, 0) is 48.0 Å². The van der Waals surface area contributed by atoms with E-state index in [1.165, 1.54) is 30.3 Å². The van der Waals surface area contributed by atoms with Crippen molar-refractivity contribution in [3.05, 3.63) is 65.7 Å². The van der Waals surface area contributed by atoms with Crippen LogP contribution in [0.25, 0.3) is 6.08 Å². The summed E-state index contributed by atoms with van der Waals surface area (Å²) in [4.78, 5) is 11.7. The molecule has 2 aromatic carbocycles. The molecule has 1 amide bonds. The summed E-state index contributed by atoms with van der Waals surface area (Å²) < 4.78 is 77.1. The first-order chi connectivity index (χ1) is 12.0. The second-order valence-electron chi connectivity index (χ2n) is 5.01. The molecule has 1 N–H and O–H groups in total. The lowest BCUT2D eigenvalue weighted by atomic mass is 10.1. The van der Waals surface area contributed by atoms with Crippen molar-refractivity contribution >= 4 is 17.7 Å². The van der Waals surface area contributed by atoms with E-state index in [-0.39, 0.29) is 5.69 Å². The van der Waals surface area contributed by atoms with E-state index in [0.717, 1.165) is 30.3 Å². The quantitative estimate of drug-likeness (QED) is 0.585. The van der Waals surface area contributed by atoms with E-state index in [2.05, 4.69) is 10.1 Å². The Labute approximate surface area is 143 Å². The Morgan fingerprint density at radius 1 is 0.885 bits per heavy atom. The molecule has 3 nitrogen and oxygen atoms in total. The summed E-state index contributed by atoms with van der Waals surface area (Å²) in [6, 6.07) is 8.67. The first-order valence-corrected chi connectivity index (χ1v) is 7.05. The summed E-state index contributed by atoms with van der Waals surface area (Å²) in [7, 11) is 0. The molecule has 2 rings (SSSR count). The van der Waals surface area contributed by atoms with E-state index < -0.39 is 29.8 Å². The summed E-state index contributed by atoms with van der Waals surface area (Å²) in [6.45, 7) is 0. The van der Waals surface area contributed by atoms with Gasteiger partial charge in [-0.25, -0.2) is 0 Å². The Bertz CT molecular complexity index is 777. The summed E-state index contributed by atoms with van der Waals surface area (Å²) in [5.41, 5.74) is -0.205. The summed E-state index contributed by atoms with van der Waals surface area (Å²) >= 11 is 0. The first kappa shape index (κ1) is 19.4. The average molecular weight is 375 g/mol. The number of benzene rings is 2. The van der Waals surface area contributed by atoms with Crippen LogP contribution in [-0.4, -0.2) is 12.3 Å². The smallest absolute Gasteiger partial charge is 0.406 e. The van der Waals surface area contributed by atoms with E-state index in [1.54, 1.807) is 0 Å². The van der Waals surface area contributed by atoms with Crippen molar-refractivity contribution in [2.45, 2.75) is 12.5 Å². The highest BCUT2D eigenvalue weighted by Crippen LogP contribution is 2.29. The minimum atomic E-state index is -4.81. The van der Waals surface area contributed by atoms with Crippen LogP contribution in [0.4, 0.5) is 32.0 Å². The van der Waals surface area contributed by atoms with E-state index >= 15 is 0 Å². The van der Waals surface area contributed by atoms with Crippen molar-refractivity contribution < 1.29 is 35.9 Å². The fraction of sp³-hybridized carbons (Fsp3) is 0.118. The number of rotatable bonds is 4. The van der Waals surface area contributed by atoms with Crippen molar-refractivity contribution in [2.75, 3.05) is 5.32 Å². The Morgan fingerprint density at radius 2 is 1.46 bits per heavy atom. The van der Waals surface area contributed by atoms with Gasteiger partial charge in [0.15, 0.2) is 0 Å². The molecule has 0 saturated carbocycles. The zero-order chi connectivity index (χ0) is 19.4. The first-order valence-electron chi connectivity index (χ1n) is 7.05. The van der Waals surface area contributed by atoms with E-state index in [1.807, 2.05) is 0 Å². The zero-order valence-corrected chi connectivity index (χ0v) is 12.9. The summed E-state index contributed by atoms with van der Waals surface area (Å²) in [5, 5.41) is 2.40. The van der Waals surface area contributed by atoms with Gasteiger partial charge in [0.2, 0.25) is 5.91 Å². The van der Waals surface area contributed by atoms with Gasteiger partial charge in [0.25, 0.3) is 0 Å². The number of hydrogen-bond donors (Lipinski definition) is 1. The molecule has 0 aromatic heterocycles. The second kappa shape index (κ2) is 7.51. The van der Waals surface area contributed by atoms with E-state index in [4.69, 9.17) is 0 Å². The zero-order valence-electron chi connectivity index (χ0n) is 12.9. The van der Waals surface area contributed by atoms with Gasteiger partial charge in [-0.2, -0.15) is 13.2 Å². The molecule has 0 bridgehead atoms. The molecule has 0 saturated heterocycles. The monoisotopic (exact) mass is 375 g/mol. The molecule has 2 aromatic rings. The van der Waals surface area contributed by atoms with Crippen molar-refractivity contribution in [2.24, 2.45) is 0 Å². The number of halogens is 6. The van der Waals surface area contributed by atoms with Crippen molar-refractivity contribution in [3.63, 3.8) is 0 Å². The molecule has 9 heteroatoms. The predicted molar refractivity (Wildman–Crippen MR) is 82.2 cm³/mol. The van der Waals surface area contributed by atoms with Crippen LogP contribution in [-0.2, 0) is 11.0 Å². The highest BCUT2D eigenvalue weighted by molar-refractivity contribution is 6.01. The van der Waals surface area contributed by atoms with Gasteiger partial charge in [-0.1, -0.05) is 12.1 Å². The fourth-order valence-electron chi connectivity index (χ4n) is 1.88. The molecule has 26 heavy (non-hydrogen) atoms. The molecule has 0 spiro atoms. The van der Waals surface area contributed by atoms with Crippen LogP contribution in [0.5, 0.6) is 5.75 Å². The van der Waals surface area contributed by atoms with Gasteiger partial charge < -0.3 is 10.1 Å². The molecule has 0 heterocycles. The molecule has 0 unspecified atom stereocenters. The topological polar surface area (TPSA) is 38.3 Å². The molecular weight excluding hydrogens is 364 g/mol. The van der Waals surface area contributed by atoms with Crippen LogP contribution >= 0.6 is 0 Å². The molecule has 138 valence electrons. The SMILES string of the molecule is O=C(/C=C/c1ccc(C(F)(F)F)cc1)Nc1ccc(OC(F)(F)F)cc1.